The number of halogens is 1. The Morgan fingerprint density at radius 2 is 2.30 bits per heavy atom. The molecule has 110 valence electrons. The van der Waals surface area contributed by atoms with E-state index in [0.717, 1.165) is 25.9 Å². The summed E-state index contributed by atoms with van der Waals surface area (Å²) in [6.07, 6.45) is 5.74. The number of aromatic nitrogens is 2. The third-order valence-electron chi connectivity index (χ3n) is 4.21. The molecule has 0 spiro atoms. The Hall–Kier alpha value is -1.43. The van der Waals surface area contributed by atoms with Crippen LogP contribution < -0.4 is 10.6 Å². The molecule has 2 atom stereocenters. The van der Waals surface area contributed by atoms with Crippen molar-refractivity contribution in [1.29, 1.82) is 0 Å². The Balaban J connectivity index is 1.69. The lowest BCUT2D eigenvalue weighted by atomic mass is 10.1. The molecule has 2 unspecified atom stereocenters. The number of fused-ring (bicyclic) bond motifs is 1. The van der Waals surface area contributed by atoms with E-state index in [4.69, 9.17) is 0 Å². The Bertz CT molecular complexity index is 467. The maximum atomic E-state index is 13.9. The number of nitrogens with zero attached hydrogens (tertiary/aromatic N) is 3. The van der Waals surface area contributed by atoms with Crippen molar-refractivity contribution in [2.24, 2.45) is 0 Å². The summed E-state index contributed by atoms with van der Waals surface area (Å²) in [5.74, 6) is 0.456. The molecular weight excluding hydrogens is 257 g/mol. The van der Waals surface area contributed by atoms with Gasteiger partial charge in [-0.15, -0.1) is 0 Å². The van der Waals surface area contributed by atoms with Crippen molar-refractivity contribution in [3.05, 3.63) is 12.0 Å². The monoisotopic (exact) mass is 279 g/mol. The molecule has 0 bridgehead atoms. The van der Waals surface area contributed by atoms with Gasteiger partial charge in [-0.1, -0.05) is 6.92 Å². The highest BCUT2D eigenvalue weighted by atomic mass is 19.1. The van der Waals surface area contributed by atoms with E-state index in [-0.39, 0.29) is 5.82 Å². The lowest BCUT2D eigenvalue weighted by Gasteiger charge is -2.22. The molecule has 2 fully saturated rings. The van der Waals surface area contributed by atoms with Crippen molar-refractivity contribution in [3.63, 3.8) is 0 Å². The van der Waals surface area contributed by atoms with Crippen LogP contribution >= 0.6 is 0 Å². The molecule has 0 aliphatic carbocycles. The third-order valence-corrected chi connectivity index (χ3v) is 4.21. The maximum absolute atomic E-state index is 13.9. The van der Waals surface area contributed by atoms with Crippen LogP contribution in [0.2, 0.25) is 0 Å². The zero-order chi connectivity index (χ0) is 13.9. The van der Waals surface area contributed by atoms with E-state index in [1.165, 1.54) is 25.6 Å². The molecule has 20 heavy (non-hydrogen) atoms. The second kappa shape index (κ2) is 5.91. The predicted molar refractivity (Wildman–Crippen MR) is 77.4 cm³/mol. The fourth-order valence-electron chi connectivity index (χ4n) is 3.22. The van der Waals surface area contributed by atoms with E-state index in [2.05, 4.69) is 32.4 Å². The SMILES string of the molecule is CCCNc1ncc(F)c(NC2CCN3CCCC23)n1. The van der Waals surface area contributed by atoms with E-state index in [1.54, 1.807) is 0 Å². The highest BCUT2D eigenvalue weighted by Gasteiger charge is 2.37. The molecule has 2 saturated heterocycles. The van der Waals surface area contributed by atoms with E-state index >= 15 is 0 Å². The fraction of sp³-hybridized carbons (Fsp3) is 0.714. The van der Waals surface area contributed by atoms with Crippen molar-refractivity contribution in [2.45, 2.75) is 44.7 Å². The van der Waals surface area contributed by atoms with Gasteiger partial charge in [0.05, 0.1) is 6.20 Å². The second-order valence-corrected chi connectivity index (χ2v) is 5.60. The first kappa shape index (κ1) is 13.5. The minimum atomic E-state index is -0.372. The Kier molecular flexibility index (Phi) is 4.00. The van der Waals surface area contributed by atoms with Gasteiger partial charge in [-0.05, 0) is 32.2 Å². The molecular formula is C14H22FN5. The summed E-state index contributed by atoms with van der Waals surface area (Å²) in [6.45, 7) is 5.15. The number of hydrogen-bond donors (Lipinski definition) is 2. The van der Waals surface area contributed by atoms with Crippen LogP contribution in [0.3, 0.4) is 0 Å². The second-order valence-electron chi connectivity index (χ2n) is 5.60. The first-order chi connectivity index (χ1) is 9.78. The van der Waals surface area contributed by atoms with Crippen LogP contribution in [0, 0.1) is 5.82 Å². The van der Waals surface area contributed by atoms with Crippen LogP contribution in [0.25, 0.3) is 0 Å². The molecule has 0 saturated carbocycles. The van der Waals surface area contributed by atoms with E-state index in [9.17, 15) is 4.39 Å². The molecule has 0 radical (unpaired) electrons. The minimum absolute atomic E-state index is 0.306. The van der Waals surface area contributed by atoms with Gasteiger partial charge in [0.2, 0.25) is 5.95 Å². The topological polar surface area (TPSA) is 53.1 Å². The molecule has 3 rings (SSSR count). The lowest BCUT2D eigenvalue weighted by molar-refractivity contribution is 0.318. The number of nitrogens with one attached hydrogen (secondary N) is 2. The molecule has 0 amide bonds. The Labute approximate surface area is 119 Å². The summed E-state index contributed by atoms with van der Waals surface area (Å²) in [7, 11) is 0. The van der Waals surface area contributed by atoms with Gasteiger partial charge in [0.25, 0.3) is 0 Å². The van der Waals surface area contributed by atoms with Crippen LogP contribution in [-0.2, 0) is 0 Å². The molecule has 2 aliphatic heterocycles. The number of rotatable bonds is 5. The first-order valence-corrected chi connectivity index (χ1v) is 7.55. The number of anilines is 2. The average Bonchev–Trinajstić information content (AvgIpc) is 3.04. The smallest absolute Gasteiger partial charge is 0.224 e. The lowest BCUT2D eigenvalue weighted by Crippen LogP contribution is -2.34. The first-order valence-electron chi connectivity index (χ1n) is 7.55. The Morgan fingerprint density at radius 3 is 3.15 bits per heavy atom. The standard InChI is InChI=1S/C14H22FN5/c1-2-6-16-14-17-9-10(15)13(19-14)18-11-5-8-20-7-3-4-12(11)20/h9,11-12H,2-8H2,1H3,(H2,16,17,18,19). The van der Waals surface area contributed by atoms with Gasteiger partial charge in [-0.25, -0.2) is 9.37 Å². The van der Waals surface area contributed by atoms with Gasteiger partial charge in [0.1, 0.15) is 0 Å². The van der Waals surface area contributed by atoms with Gasteiger partial charge >= 0.3 is 0 Å². The van der Waals surface area contributed by atoms with Crippen molar-refractivity contribution in [2.75, 3.05) is 30.3 Å². The van der Waals surface area contributed by atoms with E-state index in [0.29, 0.717) is 23.8 Å². The van der Waals surface area contributed by atoms with Crippen molar-refractivity contribution >= 4 is 11.8 Å². The van der Waals surface area contributed by atoms with Crippen LogP contribution in [0.15, 0.2) is 6.20 Å². The van der Waals surface area contributed by atoms with Gasteiger partial charge in [-0.2, -0.15) is 4.98 Å². The molecule has 0 aromatic carbocycles. The average molecular weight is 279 g/mol. The zero-order valence-corrected chi connectivity index (χ0v) is 11.9. The molecule has 3 heterocycles. The summed E-state index contributed by atoms with van der Waals surface area (Å²) < 4.78 is 13.9. The summed E-state index contributed by atoms with van der Waals surface area (Å²) in [5, 5.41) is 6.38. The molecule has 2 N–H and O–H groups in total. The summed E-state index contributed by atoms with van der Waals surface area (Å²) in [4.78, 5) is 10.7. The van der Waals surface area contributed by atoms with Crippen LogP contribution in [0.4, 0.5) is 16.2 Å². The summed E-state index contributed by atoms with van der Waals surface area (Å²) in [5.41, 5.74) is 0. The third kappa shape index (κ3) is 2.70. The van der Waals surface area contributed by atoms with Gasteiger partial charge in [-0.3, -0.25) is 4.90 Å². The van der Waals surface area contributed by atoms with Crippen LogP contribution in [0.5, 0.6) is 0 Å². The molecule has 5 nitrogen and oxygen atoms in total. The van der Waals surface area contributed by atoms with Crippen molar-refractivity contribution in [1.82, 2.24) is 14.9 Å². The van der Waals surface area contributed by atoms with Gasteiger partial charge in [0, 0.05) is 25.2 Å². The highest BCUT2D eigenvalue weighted by Crippen LogP contribution is 2.30. The molecule has 1 aromatic heterocycles. The maximum Gasteiger partial charge on any atom is 0.224 e. The fourth-order valence-corrected chi connectivity index (χ4v) is 3.22. The normalized spacial score (nSPS) is 25.7. The summed E-state index contributed by atoms with van der Waals surface area (Å²) >= 11 is 0. The van der Waals surface area contributed by atoms with Crippen molar-refractivity contribution < 1.29 is 4.39 Å². The molecule has 1 aromatic rings. The van der Waals surface area contributed by atoms with Gasteiger partial charge < -0.3 is 10.6 Å². The van der Waals surface area contributed by atoms with Crippen LogP contribution in [-0.4, -0.2) is 46.6 Å². The van der Waals surface area contributed by atoms with Crippen molar-refractivity contribution in [3.8, 4) is 0 Å². The van der Waals surface area contributed by atoms with E-state index in [1.807, 2.05) is 0 Å². The molecule has 2 aliphatic rings. The molecule has 6 heteroatoms. The quantitative estimate of drug-likeness (QED) is 0.864. The van der Waals surface area contributed by atoms with E-state index < -0.39 is 0 Å². The zero-order valence-electron chi connectivity index (χ0n) is 11.9. The van der Waals surface area contributed by atoms with Crippen LogP contribution in [0.1, 0.15) is 32.6 Å². The number of hydrogen-bond acceptors (Lipinski definition) is 5. The predicted octanol–water partition coefficient (Wildman–Crippen LogP) is 2.09. The largest absolute Gasteiger partial charge is 0.363 e. The minimum Gasteiger partial charge on any atom is -0.363 e. The van der Waals surface area contributed by atoms with Gasteiger partial charge in [0.15, 0.2) is 11.6 Å². The Morgan fingerprint density at radius 1 is 1.40 bits per heavy atom. The highest BCUT2D eigenvalue weighted by molar-refractivity contribution is 5.42. The summed E-state index contributed by atoms with van der Waals surface area (Å²) in [6, 6.07) is 0.845.